The summed E-state index contributed by atoms with van der Waals surface area (Å²) in [7, 11) is 1.59. The second kappa shape index (κ2) is 8.94. The molecule has 5 rings (SSSR count). The zero-order chi connectivity index (χ0) is 23.7. The monoisotopic (exact) mass is 454 g/mol. The summed E-state index contributed by atoms with van der Waals surface area (Å²) in [5.41, 5.74) is 4.58. The van der Waals surface area contributed by atoms with Crippen LogP contribution in [0.3, 0.4) is 0 Å². The van der Waals surface area contributed by atoms with Gasteiger partial charge in [-0.15, -0.1) is 0 Å². The van der Waals surface area contributed by atoms with E-state index in [1.807, 2.05) is 86.6 Å². The first-order valence-electron chi connectivity index (χ1n) is 11.2. The first-order chi connectivity index (χ1) is 16.6. The van der Waals surface area contributed by atoms with Crippen molar-refractivity contribution in [1.82, 2.24) is 9.55 Å². The van der Waals surface area contributed by atoms with E-state index >= 15 is 0 Å². The number of para-hydroxylation sites is 5. The van der Waals surface area contributed by atoms with Crippen LogP contribution in [0.15, 0.2) is 84.1 Å². The molecule has 7 nitrogen and oxygen atoms in total. The Labute approximate surface area is 198 Å². The van der Waals surface area contributed by atoms with Gasteiger partial charge in [0.1, 0.15) is 11.5 Å². The van der Waals surface area contributed by atoms with E-state index in [9.17, 15) is 4.79 Å². The second-order valence-corrected chi connectivity index (χ2v) is 7.99. The van der Waals surface area contributed by atoms with Gasteiger partial charge in [-0.25, -0.2) is 4.98 Å². The van der Waals surface area contributed by atoms with Crippen LogP contribution in [0.2, 0.25) is 0 Å². The fourth-order valence-corrected chi connectivity index (χ4v) is 4.48. The standard InChI is InChI=1S/C27H26N4O3/c1-4-34-22-15-9-5-11-18(22)25-24(26(32)29-20-13-7-10-16-23(20)33-3)17(2)28-27-30-19-12-6-8-14-21(19)31(25)27/h5-16,25H,4H2,1-3H3,(H,28,30)(H,29,32)/t25-/m1/s1. The van der Waals surface area contributed by atoms with E-state index in [0.717, 1.165) is 28.0 Å². The maximum absolute atomic E-state index is 13.8. The average Bonchev–Trinajstić information content (AvgIpc) is 3.22. The van der Waals surface area contributed by atoms with E-state index in [4.69, 9.17) is 14.5 Å². The molecule has 4 aromatic rings. The van der Waals surface area contributed by atoms with Crippen molar-refractivity contribution in [2.75, 3.05) is 24.4 Å². The Bertz CT molecular complexity index is 1410. The highest BCUT2D eigenvalue weighted by molar-refractivity contribution is 6.07. The van der Waals surface area contributed by atoms with E-state index in [2.05, 4.69) is 15.2 Å². The van der Waals surface area contributed by atoms with Gasteiger partial charge in [0.15, 0.2) is 0 Å². The number of hydrogen-bond donors (Lipinski definition) is 2. The summed E-state index contributed by atoms with van der Waals surface area (Å²) in [5, 5.41) is 6.39. The van der Waals surface area contributed by atoms with Crippen molar-refractivity contribution < 1.29 is 14.3 Å². The van der Waals surface area contributed by atoms with Gasteiger partial charge in [-0.2, -0.15) is 0 Å². The maximum Gasteiger partial charge on any atom is 0.255 e. The molecule has 2 heterocycles. The number of ether oxygens (including phenoxy) is 2. The highest BCUT2D eigenvalue weighted by Crippen LogP contribution is 2.42. The largest absolute Gasteiger partial charge is 0.495 e. The summed E-state index contributed by atoms with van der Waals surface area (Å²) >= 11 is 0. The van der Waals surface area contributed by atoms with Crippen molar-refractivity contribution in [3.63, 3.8) is 0 Å². The Morgan fingerprint density at radius 3 is 2.53 bits per heavy atom. The highest BCUT2D eigenvalue weighted by Gasteiger charge is 2.35. The van der Waals surface area contributed by atoms with Gasteiger partial charge < -0.3 is 20.1 Å². The summed E-state index contributed by atoms with van der Waals surface area (Å²) in [6.45, 7) is 4.37. The number of fused-ring (bicyclic) bond motifs is 3. The van der Waals surface area contributed by atoms with E-state index < -0.39 is 6.04 Å². The van der Waals surface area contributed by atoms with Crippen LogP contribution in [0.5, 0.6) is 11.5 Å². The number of nitrogens with zero attached hydrogens (tertiary/aromatic N) is 2. The van der Waals surface area contributed by atoms with Crippen molar-refractivity contribution in [2.24, 2.45) is 0 Å². The number of anilines is 2. The lowest BCUT2D eigenvalue weighted by atomic mass is 9.93. The number of hydrogen-bond acceptors (Lipinski definition) is 5. The molecule has 172 valence electrons. The Hall–Kier alpha value is -4.26. The molecule has 0 saturated heterocycles. The minimum absolute atomic E-state index is 0.228. The van der Waals surface area contributed by atoms with Gasteiger partial charge in [-0.1, -0.05) is 42.5 Å². The van der Waals surface area contributed by atoms with Gasteiger partial charge >= 0.3 is 0 Å². The van der Waals surface area contributed by atoms with Crippen LogP contribution in [0, 0.1) is 0 Å². The van der Waals surface area contributed by atoms with Gasteiger partial charge in [-0.3, -0.25) is 9.36 Å². The molecule has 0 fully saturated rings. The number of allylic oxidation sites excluding steroid dienone is 1. The van der Waals surface area contributed by atoms with Gasteiger partial charge in [-0.05, 0) is 44.2 Å². The molecule has 1 aliphatic rings. The van der Waals surface area contributed by atoms with Crippen LogP contribution in [0.4, 0.5) is 11.6 Å². The van der Waals surface area contributed by atoms with Crippen molar-refractivity contribution in [1.29, 1.82) is 0 Å². The van der Waals surface area contributed by atoms with Crippen molar-refractivity contribution in [3.05, 3.63) is 89.6 Å². The number of benzene rings is 3. The fraction of sp³-hybridized carbons (Fsp3) is 0.185. The molecule has 1 aromatic heterocycles. The minimum Gasteiger partial charge on any atom is -0.495 e. The minimum atomic E-state index is -0.443. The van der Waals surface area contributed by atoms with Gasteiger partial charge in [0.05, 0.1) is 42.1 Å². The molecule has 3 aromatic carbocycles. The number of methoxy groups -OCH3 is 1. The van der Waals surface area contributed by atoms with Crippen LogP contribution < -0.4 is 20.1 Å². The lowest BCUT2D eigenvalue weighted by molar-refractivity contribution is -0.113. The van der Waals surface area contributed by atoms with E-state index in [1.54, 1.807) is 7.11 Å². The molecule has 0 saturated carbocycles. The Morgan fingerprint density at radius 2 is 1.74 bits per heavy atom. The van der Waals surface area contributed by atoms with Gasteiger partial charge in [0.2, 0.25) is 5.95 Å². The predicted molar refractivity (Wildman–Crippen MR) is 133 cm³/mol. The van der Waals surface area contributed by atoms with Crippen LogP contribution in [0.25, 0.3) is 11.0 Å². The molecule has 0 spiro atoms. The molecular weight excluding hydrogens is 428 g/mol. The third-order valence-corrected chi connectivity index (χ3v) is 5.94. The van der Waals surface area contributed by atoms with Gasteiger partial charge in [0.25, 0.3) is 5.91 Å². The van der Waals surface area contributed by atoms with E-state index in [-0.39, 0.29) is 5.91 Å². The molecule has 1 aliphatic heterocycles. The molecule has 34 heavy (non-hydrogen) atoms. The summed E-state index contributed by atoms with van der Waals surface area (Å²) in [5.74, 6) is 1.78. The number of rotatable bonds is 6. The summed E-state index contributed by atoms with van der Waals surface area (Å²) < 4.78 is 13.5. The number of nitrogens with one attached hydrogen (secondary N) is 2. The first kappa shape index (κ1) is 21.6. The smallest absolute Gasteiger partial charge is 0.255 e. The predicted octanol–water partition coefficient (Wildman–Crippen LogP) is 5.37. The molecule has 2 N–H and O–H groups in total. The fourth-order valence-electron chi connectivity index (χ4n) is 4.48. The maximum atomic E-state index is 13.8. The Kier molecular flexibility index (Phi) is 5.67. The van der Waals surface area contributed by atoms with E-state index in [1.165, 1.54) is 0 Å². The molecule has 0 unspecified atom stereocenters. The second-order valence-electron chi connectivity index (χ2n) is 7.99. The number of carbonyl (C=O) groups excluding carboxylic acids is 1. The number of carbonyl (C=O) groups is 1. The van der Waals surface area contributed by atoms with Crippen molar-refractivity contribution in [3.8, 4) is 11.5 Å². The molecule has 1 amide bonds. The zero-order valence-corrected chi connectivity index (χ0v) is 19.3. The van der Waals surface area contributed by atoms with Crippen molar-refractivity contribution in [2.45, 2.75) is 19.9 Å². The SMILES string of the molecule is CCOc1ccccc1[C@@H]1C(C(=O)Nc2ccccc2OC)=C(C)Nc2nc3ccccc3n21. The zero-order valence-electron chi connectivity index (χ0n) is 19.3. The number of amides is 1. The lowest BCUT2D eigenvalue weighted by Gasteiger charge is -2.31. The summed E-state index contributed by atoms with van der Waals surface area (Å²) in [6, 6.07) is 22.7. The first-order valence-corrected chi connectivity index (χ1v) is 11.2. The lowest BCUT2D eigenvalue weighted by Crippen LogP contribution is -2.31. The summed E-state index contributed by atoms with van der Waals surface area (Å²) in [6.07, 6.45) is 0. The third-order valence-electron chi connectivity index (χ3n) is 5.94. The summed E-state index contributed by atoms with van der Waals surface area (Å²) in [4.78, 5) is 18.6. The van der Waals surface area contributed by atoms with E-state index in [0.29, 0.717) is 29.6 Å². The Morgan fingerprint density at radius 1 is 1.03 bits per heavy atom. The molecule has 7 heteroatoms. The van der Waals surface area contributed by atoms with Crippen LogP contribution >= 0.6 is 0 Å². The number of aromatic nitrogens is 2. The molecule has 0 aliphatic carbocycles. The molecule has 0 bridgehead atoms. The average molecular weight is 455 g/mol. The van der Waals surface area contributed by atoms with Crippen molar-refractivity contribution >= 4 is 28.6 Å². The Balaban J connectivity index is 1.69. The molecular formula is C27H26N4O3. The molecule has 1 atom stereocenters. The normalized spacial score (nSPS) is 15.0. The quantitative estimate of drug-likeness (QED) is 0.410. The van der Waals surface area contributed by atoms with Crippen LogP contribution in [-0.4, -0.2) is 29.2 Å². The van der Waals surface area contributed by atoms with Gasteiger partial charge in [0, 0.05) is 11.3 Å². The number of imidazole rings is 1. The third kappa shape index (κ3) is 3.65. The molecule has 0 radical (unpaired) electrons. The van der Waals surface area contributed by atoms with Crippen LogP contribution in [0.1, 0.15) is 25.5 Å². The topological polar surface area (TPSA) is 77.4 Å². The van der Waals surface area contributed by atoms with Crippen LogP contribution in [-0.2, 0) is 4.79 Å². The highest BCUT2D eigenvalue weighted by atomic mass is 16.5.